The van der Waals surface area contributed by atoms with Crippen molar-refractivity contribution in [2.45, 2.75) is 32.9 Å². The van der Waals surface area contributed by atoms with Gasteiger partial charge in [-0.1, -0.05) is 182 Å². The number of nitrogens with zero attached hydrogens (tertiary/aromatic N) is 2. The Morgan fingerprint density at radius 1 is 0.493 bits per heavy atom. The molecule has 0 saturated heterocycles. The molecule has 7 heteroatoms. The summed E-state index contributed by atoms with van der Waals surface area (Å²) in [6, 6.07) is 65.8. The van der Waals surface area contributed by atoms with Crippen LogP contribution in [-0.2, 0) is 11.2 Å². The van der Waals surface area contributed by atoms with Gasteiger partial charge in [0.25, 0.3) is 0 Å². The number of carbonyl (C=O) groups excluding carboxylic acids is 1. The Morgan fingerprint density at radius 2 is 0.944 bits per heavy atom. The van der Waals surface area contributed by atoms with Gasteiger partial charge in [-0.15, -0.1) is 0 Å². The third kappa shape index (κ3) is 10.7. The van der Waals surface area contributed by atoms with Crippen LogP contribution in [0.5, 0.6) is 0 Å². The molecule has 0 fully saturated rings. The number of allylic oxidation sites excluding steroid dienone is 6. The fourth-order valence-electron chi connectivity index (χ4n) is 9.10. The highest BCUT2D eigenvalue weighted by Crippen LogP contribution is 2.45. The molecule has 348 valence electrons. The molecule has 9 aromatic rings. The van der Waals surface area contributed by atoms with Crippen LogP contribution in [0.1, 0.15) is 31.5 Å². The highest BCUT2D eigenvalue weighted by molar-refractivity contribution is 5.98. The zero-order chi connectivity index (χ0) is 49.3. The second-order valence-electron chi connectivity index (χ2n) is 17.1. The van der Waals surface area contributed by atoms with Crippen molar-refractivity contribution in [3.63, 3.8) is 0 Å². The smallest absolute Gasteiger partial charge is 0.448 e. The molecule has 0 bridgehead atoms. The quantitative estimate of drug-likeness (QED) is 0.0670. The topological polar surface area (TPSA) is 63.1 Å². The summed E-state index contributed by atoms with van der Waals surface area (Å²) < 4.78 is 39.6. The van der Waals surface area contributed by atoms with E-state index in [1.807, 2.05) is 135 Å². The molecule has 0 radical (unpaired) electrons. The van der Waals surface area contributed by atoms with Crippen LogP contribution in [0, 0.1) is 0 Å². The molecule has 0 atom stereocenters. The van der Waals surface area contributed by atoms with Crippen molar-refractivity contribution in [1.29, 1.82) is 0 Å². The number of aromatic nitrogens is 2. The third-order valence-corrected chi connectivity index (χ3v) is 12.5. The molecule has 0 saturated carbocycles. The number of hydrogen-bond acceptors (Lipinski definition) is 4. The minimum atomic E-state index is -5.01. The number of aliphatic hydroxyl groups is 1. The number of ketones is 1. The van der Waals surface area contributed by atoms with E-state index in [0.29, 0.717) is 0 Å². The van der Waals surface area contributed by atoms with E-state index < -0.39 is 17.7 Å². The molecule has 7 aromatic carbocycles. The third-order valence-electron chi connectivity index (χ3n) is 12.5. The maximum absolute atomic E-state index is 13.2. The summed E-state index contributed by atoms with van der Waals surface area (Å²) >= 11 is 0. The Balaban J connectivity index is 1.26. The van der Waals surface area contributed by atoms with Crippen LogP contribution in [0.4, 0.5) is 13.2 Å². The molecule has 0 spiro atoms. The van der Waals surface area contributed by atoms with Gasteiger partial charge in [0.05, 0.1) is 11.4 Å². The van der Waals surface area contributed by atoms with Gasteiger partial charge in [-0.25, -0.2) is 0 Å². The van der Waals surface area contributed by atoms with Crippen LogP contribution in [0.25, 0.3) is 94.7 Å². The summed E-state index contributed by atoms with van der Waals surface area (Å²) in [5.41, 5.74) is 17.9. The van der Waals surface area contributed by atoms with Crippen molar-refractivity contribution in [2.75, 3.05) is 0 Å². The number of hydrogen-bond donors (Lipinski definition) is 1. The minimum absolute atomic E-state index is 0.142. The standard InChI is InChI=1S/C64H49F3N2O2/c1-3-20-43(4-2)61-39-57(44-21-8-5-9-22-44)59(41-68-61)55-31-18-16-29-53(55)49-35-48(52-28-15-14-25-46(52)33-34-51(70)38-63(71)64(65,66)67)36-50(37-49)54-30-17-19-32-56(54)60-42-69-62(47-26-12-7-13-27-47)40-58(60)45-23-10-6-11-24-45/h3-32,35-42,71H,33-34H2,1-2H3/b20-3-,43-4+,63-38-. The van der Waals surface area contributed by atoms with Crippen LogP contribution in [0.15, 0.2) is 237 Å². The zero-order valence-corrected chi connectivity index (χ0v) is 39.2. The Labute approximate surface area is 412 Å². The number of benzene rings is 7. The summed E-state index contributed by atoms with van der Waals surface area (Å²) in [6.45, 7) is 4.00. The average Bonchev–Trinajstić information content (AvgIpc) is 3.42. The van der Waals surface area contributed by atoms with E-state index in [2.05, 4.69) is 103 Å². The van der Waals surface area contributed by atoms with E-state index in [-0.39, 0.29) is 18.9 Å². The number of aryl methyl sites for hydroxylation is 1. The summed E-state index contributed by atoms with van der Waals surface area (Å²) in [6.07, 6.45) is 5.20. The first-order chi connectivity index (χ1) is 34.6. The van der Waals surface area contributed by atoms with E-state index in [4.69, 9.17) is 9.97 Å². The minimum Gasteiger partial charge on any atom is -0.504 e. The first-order valence-electron chi connectivity index (χ1n) is 23.5. The van der Waals surface area contributed by atoms with Gasteiger partial charge in [-0.05, 0) is 128 Å². The maximum Gasteiger partial charge on any atom is 0.448 e. The lowest BCUT2D eigenvalue weighted by molar-refractivity contribution is -0.125. The summed E-state index contributed by atoms with van der Waals surface area (Å²) in [5, 5.41) is 9.58. The van der Waals surface area contributed by atoms with Crippen molar-refractivity contribution in [1.82, 2.24) is 9.97 Å². The molecule has 1 N–H and O–H groups in total. The number of aliphatic hydroxyl groups excluding tert-OH is 1. The van der Waals surface area contributed by atoms with Crippen molar-refractivity contribution < 1.29 is 23.1 Å². The van der Waals surface area contributed by atoms with Gasteiger partial charge in [0.1, 0.15) is 0 Å². The van der Waals surface area contributed by atoms with Crippen LogP contribution in [-0.4, -0.2) is 27.0 Å². The number of carbonyl (C=O) groups is 1. The summed E-state index contributed by atoms with van der Waals surface area (Å²) in [7, 11) is 0. The van der Waals surface area contributed by atoms with Gasteiger partial charge >= 0.3 is 6.18 Å². The zero-order valence-electron chi connectivity index (χ0n) is 39.2. The van der Waals surface area contributed by atoms with Gasteiger partial charge < -0.3 is 5.11 Å². The second-order valence-corrected chi connectivity index (χ2v) is 17.1. The number of pyridine rings is 2. The molecule has 0 aliphatic carbocycles. The van der Waals surface area contributed by atoms with Gasteiger partial charge in [0, 0.05) is 41.6 Å². The molecular formula is C64H49F3N2O2. The lowest BCUT2D eigenvalue weighted by Gasteiger charge is -2.20. The van der Waals surface area contributed by atoms with Crippen LogP contribution >= 0.6 is 0 Å². The molecule has 0 aliphatic rings. The fraction of sp³-hybridized carbons (Fsp3) is 0.0781. The molecule has 2 heterocycles. The van der Waals surface area contributed by atoms with E-state index >= 15 is 0 Å². The van der Waals surface area contributed by atoms with Gasteiger partial charge in [0.15, 0.2) is 5.78 Å². The molecule has 0 amide bonds. The number of halogens is 3. The summed E-state index contributed by atoms with van der Waals surface area (Å²) in [4.78, 5) is 22.9. The molecule has 2 aromatic heterocycles. The molecular weight excluding hydrogens is 886 g/mol. The van der Waals surface area contributed by atoms with Gasteiger partial charge in [-0.3, -0.25) is 14.8 Å². The Kier molecular flexibility index (Phi) is 14.2. The predicted octanol–water partition coefficient (Wildman–Crippen LogP) is 17.3. The number of alkyl halides is 3. The molecule has 71 heavy (non-hydrogen) atoms. The molecule has 0 aliphatic heterocycles. The normalized spacial score (nSPS) is 12.1. The van der Waals surface area contributed by atoms with Crippen molar-refractivity contribution in [3.05, 3.63) is 248 Å². The van der Waals surface area contributed by atoms with E-state index in [1.54, 1.807) is 0 Å². The largest absolute Gasteiger partial charge is 0.504 e. The predicted molar refractivity (Wildman–Crippen MR) is 284 cm³/mol. The molecule has 4 nitrogen and oxygen atoms in total. The van der Waals surface area contributed by atoms with Crippen LogP contribution in [0.2, 0.25) is 0 Å². The van der Waals surface area contributed by atoms with Gasteiger partial charge in [0.2, 0.25) is 5.76 Å². The van der Waals surface area contributed by atoms with Crippen molar-refractivity contribution in [3.8, 4) is 89.1 Å². The monoisotopic (exact) mass is 934 g/mol. The average molecular weight is 935 g/mol. The second kappa shape index (κ2) is 21.3. The maximum atomic E-state index is 13.2. The van der Waals surface area contributed by atoms with E-state index in [9.17, 15) is 23.1 Å². The van der Waals surface area contributed by atoms with Crippen molar-refractivity contribution in [2.24, 2.45) is 0 Å². The first-order valence-corrected chi connectivity index (χ1v) is 23.5. The summed E-state index contributed by atoms with van der Waals surface area (Å²) in [5.74, 6) is -2.74. The lowest BCUT2D eigenvalue weighted by Crippen LogP contribution is -2.13. The SMILES string of the molecule is C/C=C\C(=C/C)c1cc(-c2ccccc2)c(-c2ccccc2-c2cc(-c3ccccc3CCC(=O)/C=C(\O)C(F)(F)F)cc(-c3ccccc3-c3cnc(-c4ccccc4)cc3-c3ccccc3)c2)cn1. The lowest BCUT2D eigenvalue weighted by atomic mass is 9.85. The molecule has 9 rings (SSSR count). The van der Waals surface area contributed by atoms with E-state index in [0.717, 1.165) is 106 Å². The Hall–Kier alpha value is -8.68. The van der Waals surface area contributed by atoms with Crippen LogP contribution < -0.4 is 0 Å². The van der Waals surface area contributed by atoms with Gasteiger partial charge in [-0.2, -0.15) is 13.2 Å². The highest BCUT2D eigenvalue weighted by atomic mass is 19.4. The first kappa shape index (κ1) is 47.4. The molecule has 0 unspecified atom stereocenters. The van der Waals surface area contributed by atoms with Crippen molar-refractivity contribution >= 4 is 11.4 Å². The number of rotatable bonds is 14. The van der Waals surface area contributed by atoms with Crippen LogP contribution in [0.3, 0.4) is 0 Å². The highest BCUT2D eigenvalue weighted by Gasteiger charge is 2.34. The Bertz CT molecular complexity index is 3450. The Morgan fingerprint density at radius 3 is 1.46 bits per heavy atom. The van der Waals surface area contributed by atoms with E-state index in [1.165, 1.54) is 0 Å². The fourth-order valence-corrected chi connectivity index (χ4v) is 9.10.